The normalized spacial score (nSPS) is 18.3. The van der Waals surface area contributed by atoms with E-state index in [0.29, 0.717) is 30.8 Å². The van der Waals surface area contributed by atoms with E-state index in [4.69, 9.17) is 4.74 Å². The fraction of sp³-hybridized carbons (Fsp3) is 0.286. The Labute approximate surface area is 221 Å². The van der Waals surface area contributed by atoms with Gasteiger partial charge in [0, 0.05) is 25.6 Å². The van der Waals surface area contributed by atoms with Gasteiger partial charge in [-0.15, -0.1) is 0 Å². The van der Waals surface area contributed by atoms with E-state index < -0.39 is 27.9 Å². The predicted molar refractivity (Wildman–Crippen MR) is 139 cm³/mol. The number of halogens is 1. The third-order valence-electron chi connectivity index (χ3n) is 6.90. The van der Waals surface area contributed by atoms with Crippen LogP contribution in [0.2, 0.25) is 0 Å². The van der Waals surface area contributed by atoms with Crippen molar-refractivity contribution in [3.63, 3.8) is 0 Å². The standard InChI is InChI=1S/C28H28FN3O5S/c29-22-10-12-23(13-11-22)38(35,36)31-16-14-21(15-17-31)28(34)32-19-26(37-25-9-5-4-8-24(25)32)27(33)30-18-20-6-2-1-3-7-20/h1-13,21,26H,14-19H2,(H,30,33)/t26-/m0/s1. The first-order chi connectivity index (χ1) is 18.3. The van der Waals surface area contributed by atoms with Gasteiger partial charge in [-0.1, -0.05) is 42.5 Å². The molecule has 10 heteroatoms. The van der Waals surface area contributed by atoms with Crippen molar-refractivity contribution in [3.05, 3.63) is 90.2 Å². The number of para-hydroxylation sites is 2. The Morgan fingerprint density at radius 2 is 1.58 bits per heavy atom. The molecule has 0 saturated carbocycles. The lowest BCUT2D eigenvalue weighted by molar-refractivity contribution is -0.129. The monoisotopic (exact) mass is 537 g/mol. The molecular formula is C28H28FN3O5S. The van der Waals surface area contributed by atoms with Crippen LogP contribution < -0.4 is 15.0 Å². The summed E-state index contributed by atoms with van der Waals surface area (Å²) in [6.45, 7) is 0.743. The minimum atomic E-state index is -3.78. The number of nitrogens with one attached hydrogen (secondary N) is 1. The van der Waals surface area contributed by atoms with Gasteiger partial charge >= 0.3 is 0 Å². The van der Waals surface area contributed by atoms with Crippen LogP contribution in [0.4, 0.5) is 10.1 Å². The predicted octanol–water partition coefficient (Wildman–Crippen LogP) is 3.34. The Hall–Kier alpha value is -3.76. The number of ether oxygens (including phenoxy) is 1. The number of amides is 2. The Kier molecular flexibility index (Phi) is 7.44. The van der Waals surface area contributed by atoms with Gasteiger partial charge in [0.1, 0.15) is 11.6 Å². The molecule has 1 fully saturated rings. The Bertz CT molecular complexity index is 1410. The van der Waals surface area contributed by atoms with Crippen molar-refractivity contribution < 1.29 is 27.1 Å². The maximum absolute atomic E-state index is 13.7. The fourth-order valence-corrected chi connectivity index (χ4v) is 6.27. The van der Waals surface area contributed by atoms with Gasteiger partial charge in [-0.25, -0.2) is 12.8 Å². The molecule has 0 aliphatic carbocycles. The van der Waals surface area contributed by atoms with Crippen LogP contribution in [0.15, 0.2) is 83.8 Å². The average molecular weight is 538 g/mol. The average Bonchev–Trinajstić information content (AvgIpc) is 2.95. The number of hydrogen-bond donors (Lipinski definition) is 1. The van der Waals surface area contributed by atoms with E-state index in [-0.39, 0.29) is 36.3 Å². The second-order valence-electron chi connectivity index (χ2n) is 9.36. The summed E-state index contributed by atoms with van der Waals surface area (Å²) < 4.78 is 46.5. The number of carbonyl (C=O) groups excluding carboxylic acids is 2. The van der Waals surface area contributed by atoms with Crippen LogP contribution in [0.1, 0.15) is 18.4 Å². The minimum absolute atomic E-state index is 0.0233. The Balaban J connectivity index is 1.26. The SMILES string of the molecule is O=C(NCc1ccccc1)[C@@H]1CN(C(=O)C2CCN(S(=O)(=O)c3ccc(F)cc3)CC2)c2ccccc2O1. The molecule has 0 bridgehead atoms. The van der Waals surface area contributed by atoms with E-state index in [1.807, 2.05) is 30.3 Å². The zero-order valence-electron chi connectivity index (χ0n) is 20.6. The molecule has 2 aliphatic heterocycles. The van der Waals surface area contributed by atoms with Gasteiger partial charge in [-0.3, -0.25) is 9.59 Å². The molecule has 0 radical (unpaired) electrons. The highest BCUT2D eigenvalue weighted by Crippen LogP contribution is 2.35. The molecule has 5 rings (SSSR count). The molecule has 2 aliphatic rings. The van der Waals surface area contributed by atoms with E-state index in [0.717, 1.165) is 17.7 Å². The first kappa shape index (κ1) is 25.9. The quantitative estimate of drug-likeness (QED) is 0.521. The molecule has 1 atom stereocenters. The molecule has 0 unspecified atom stereocenters. The van der Waals surface area contributed by atoms with Gasteiger partial charge < -0.3 is 15.0 Å². The summed E-state index contributed by atoms with van der Waals surface area (Å²) >= 11 is 0. The summed E-state index contributed by atoms with van der Waals surface area (Å²) in [6, 6.07) is 21.3. The fourth-order valence-electron chi connectivity index (χ4n) is 4.80. The third-order valence-corrected chi connectivity index (χ3v) is 8.81. The molecule has 2 amide bonds. The van der Waals surface area contributed by atoms with Gasteiger partial charge in [0.25, 0.3) is 5.91 Å². The van der Waals surface area contributed by atoms with E-state index in [1.165, 1.54) is 16.4 Å². The van der Waals surface area contributed by atoms with Crippen LogP contribution in [0.5, 0.6) is 5.75 Å². The number of carbonyl (C=O) groups is 2. The summed E-state index contributed by atoms with van der Waals surface area (Å²) in [4.78, 5) is 28.2. The van der Waals surface area contributed by atoms with E-state index in [2.05, 4.69) is 5.32 Å². The second kappa shape index (κ2) is 10.9. The topological polar surface area (TPSA) is 96.0 Å². The molecule has 1 N–H and O–H groups in total. The smallest absolute Gasteiger partial charge is 0.263 e. The number of anilines is 1. The van der Waals surface area contributed by atoms with Crippen LogP contribution in [0, 0.1) is 11.7 Å². The van der Waals surface area contributed by atoms with Crippen LogP contribution in [0.3, 0.4) is 0 Å². The van der Waals surface area contributed by atoms with Crippen molar-refractivity contribution in [2.24, 2.45) is 5.92 Å². The molecule has 3 aromatic rings. The Morgan fingerprint density at radius 1 is 0.921 bits per heavy atom. The summed E-state index contributed by atoms with van der Waals surface area (Å²) in [7, 11) is -3.78. The highest BCUT2D eigenvalue weighted by molar-refractivity contribution is 7.89. The number of rotatable bonds is 6. The number of sulfonamides is 1. The Morgan fingerprint density at radius 3 is 2.29 bits per heavy atom. The van der Waals surface area contributed by atoms with E-state index >= 15 is 0 Å². The van der Waals surface area contributed by atoms with Gasteiger partial charge in [0.2, 0.25) is 15.9 Å². The minimum Gasteiger partial charge on any atom is -0.477 e. The first-order valence-corrected chi connectivity index (χ1v) is 13.9. The third kappa shape index (κ3) is 5.41. The molecule has 198 valence electrons. The van der Waals surface area contributed by atoms with Gasteiger partial charge in [-0.2, -0.15) is 4.31 Å². The lowest BCUT2D eigenvalue weighted by atomic mass is 9.95. The van der Waals surface area contributed by atoms with Crippen LogP contribution in [0.25, 0.3) is 0 Å². The summed E-state index contributed by atoms with van der Waals surface area (Å²) in [5.41, 5.74) is 1.54. The molecular weight excluding hydrogens is 509 g/mol. The lowest BCUT2D eigenvalue weighted by Crippen LogP contribution is -2.53. The van der Waals surface area contributed by atoms with Crippen molar-refractivity contribution >= 4 is 27.5 Å². The maximum atomic E-state index is 13.7. The van der Waals surface area contributed by atoms with Gasteiger partial charge in [0.15, 0.2) is 6.10 Å². The van der Waals surface area contributed by atoms with E-state index in [1.54, 1.807) is 29.2 Å². The molecule has 1 saturated heterocycles. The van der Waals surface area contributed by atoms with E-state index in [9.17, 15) is 22.4 Å². The van der Waals surface area contributed by atoms with Gasteiger partial charge in [-0.05, 0) is 54.8 Å². The summed E-state index contributed by atoms with van der Waals surface area (Å²) in [6.07, 6.45) is -0.204. The van der Waals surface area contributed by atoms with Crippen molar-refractivity contribution in [1.82, 2.24) is 9.62 Å². The molecule has 38 heavy (non-hydrogen) atoms. The number of hydrogen-bond acceptors (Lipinski definition) is 5. The molecule has 8 nitrogen and oxygen atoms in total. The summed E-state index contributed by atoms with van der Waals surface area (Å²) in [5.74, 6) is -0.954. The number of nitrogens with zero attached hydrogens (tertiary/aromatic N) is 2. The molecule has 0 spiro atoms. The van der Waals surface area contributed by atoms with Crippen molar-refractivity contribution in [2.45, 2.75) is 30.4 Å². The first-order valence-electron chi connectivity index (χ1n) is 12.5. The number of fused-ring (bicyclic) bond motifs is 1. The van der Waals surface area contributed by atoms with Crippen LogP contribution in [-0.2, 0) is 26.2 Å². The maximum Gasteiger partial charge on any atom is 0.263 e. The molecule has 0 aromatic heterocycles. The van der Waals surface area contributed by atoms with Crippen molar-refractivity contribution in [3.8, 4) is 5.75 Å². The van der Waals surface area contributed by atoms with Crippen molar-refractivity contribution in [2.75, 3.05) is 24.5 Å². The number of benzene rings is 3. The van der Waals surface area contributed by atoms with Gasteiger partial charge in [0.05, 0.1) is 17.1 Å². The molecule has 2 heterocycles. The zero-order valence-corrected chi connectivity index (χ0v) is 21.4. The van der Waals surface area contributed by atoms with Crippen LogP contribution in [-0.4, -0.2) is 50.3 Å². The highest BCUT2D eigenvalue weighted by Gasteiger charge is 2.39. The second-order valence-corrected chi connectivity index (χ2v) is 11.3. The molecule has 3 aromatic carbocycles. The lowest BCUT2D eigenvalue weighted by Gasteiger charge is -2.38. The zero-order chi connectivity index (χ0) is 26.7. The summed E-state index contributed by atoms with van der Waals surface area (Å²) in [5, 5.41) is 2.88. The highest BCUT2D eigenvalue weighted by atomic mass is 32.2. The largest absolute Gasteiger partial charge is 0.477 e. The van der Waals surface area contributed by atoms with Crippen molar-refractivity contribution in [1.29, 1.82) is 0 Å². The van der Waals surface area contributed by atoms with Crippen LogP contribution >= 0.6 is 0 Å². The number of piperidine rings is 1.